The third-order valence-electron chi connectivity index (χ3n) is 5.45. The van der Waals surface area contributed by atoms with E-state index in [1.165, 1.54) is 0 Å². The van der Waals surface area contributed by atoms with Crippen LogP contribution in [0.5, 0.6) is 5.75 Å². The standard InChI is InChI=1S/C22H17BrN4O2/c1-12-20(13-6-8-15(23)9-7-13)22-25-24-21-17(27(22)26-12)10-14(11-19(21)29)16-4-2-3-5-18(16)28/h2-9,14,28H,10-11H2,1H3/t14-/m1/s1. The normalized spacial score (nSPS) is 16.2. The van der Waals surface area contributed by atoms with Crippen LogP contribution in [0.4, 0.5) is 0 Å². The highest BCUT2D eigenvalue weighted by atomic mass is 79.9. The maximum atomic E-state index is 12.8. The fourth-order valence-corrected chi connectivity index (χ4v) is 4.35. The van der Waals surface area contributed by atoms with Gasteiger partial charge in [-0.25, -0.2) is 4.52 Å². The van der Waals surface area contributed by atoms with Crippen LogP contribution in [0.1, 0.15) is 39.8 Å². The molecule has 0 amide bonds. The summed E-state index contributed by atoms with van der Waals surface area (Å²) in [5.41, 5.74) is 5.24. The van der Waals surface area contributed by atoms with Crippen LogP contribution < -0.4 is 0 Å². The minimum Gasteiger partial charge on any atom is -0.508 e. The lowest BCUT2D eigenvalue weighted by molar-refractivity contribution is 0.0955. The quantitative estimate of drug-likeness (QED) is 0.488. The van der Waals surface area contributed by atoms with Crippen LogP contribution >= 0.6 is 15.9 Å². The van der Waals surface area contributed by atoms with Gasteiger partial charge in [-0.15, -0.1) is 10.2 Å². The van der Waals surface area contributed by atoms with E-state index in [9.17, 15) is 9.90 Å². The van der Waals surface area contributed by atoms with Gasteiger partial charge in [0.15, 0.2) is 17.1 Å². The molecule has 2 aromatic heterocycles. The lowest BCUT2D eigenvalue weighted by Crippen LogP contribution is -2.24. The Morgan fingerprint density at radius 2 is 1.83 bits per heavy atom. The molecule has 0 fully saturated rings. The number of Topliss-reactive ketones (excluding diaryl/α,β-unsaturated/α-hetero) is 1. The fourth-order valence-electron chi connectivity index (χ4n) is 4.08. The number of phenols is 1. The van der Waals surface area contributed by atoms with Crippen molar-refractivity contribution in [2.45, 2.75) is 25.7 Å². The number of hydrogen-bond acceptors (Lipinski definition) is 5. The summed E-state index contributed by atoms with van der Waals surface area (Å²) in [4.78, 5) is 12.8. The predicted molar refractivity (Wildman–Crippen MR) is 112 cm³/mol. The summed E-state index contributed by atoms with van der Waals surface area (Å²) < 4.78 is 2.74. The van der Waals surface area contributed by atoms with Gasteiger partial charge in [0, 0.05) is 16.8 Å². The first-order chi connectivity index (χ1) is 14.0. The summed E-state index contributed by atoms with van der Waals surface area (Å²) in [6, 6.07) is 15.1. The van der Waals surface area contributed by atoms with Gasteiger partial charge in [-0.3, -0.25) is 4.79 Å². The summed E-state index contributed by atoms with van der Waals surface area (Å²) in [5.74, 6) is 0.00990. The number of fused-ring (bicyclic) bond motifs is 3. The largest absolute Gasteiger partial charge is 0.508 e. The molecule has 0 radical (unpaired) electrons. The summed E-state index contributed by atoms with van der Waals surface area (Å²) in [6.45, 7) is 1.93. The van der Waals surface area contributed by atoms with Gasteiger partial charge in [0.2, 0.25) is 0 Å². The second-order valence-corrected chi connectivity index (χ2v) is 8.20. The molecule has 1 aliphatic carbocycles. The average molecular weight is 449 g/mol. The zero-order chi connectivity index (χ0) is 20.1. The Bertz CT molecular complexity index is 1260. The van der Waals surface area contributed by atoms with E-state index in [1.54, 1.807) is 16.6 Å². The summed E-state index contributed by atoms with van der Waals surface area (Å²) in [5, 5.41) is 23.6. The van der Waals surface area contributed by atoms with Crippen LogP contribution in [0.2, 0.25) is 0 Å². The minimum atomic E-state index is -0.121. The number of carbonyl (C=O) groups is 1. The molecule has 0 aliphatic heterocycles. The summed E-state index contributed by atoms with van der Waals surface area (Å²) in [6.07, 6.45) is 0.857. The number of ketones is 1. The summed E-state index contributed by atoms with van der Waals surface area (Å²) in [7, 11) is 0. The van der Waals surface area contributed by atoms with Crippen LogP contribution in [0.3, 0.4) is 0 Å². The average Bonchev–Trinajstić information content (AvgIpc) is 3.05. The molecule has 1 atom stereocenters. The van der Waals surface area contributed by atoms with Crippen molar-refractivity contribution in [3.63, 3.8) is 0 Å². The van der Waals surface area contributed by atoms with Gasteiger partial charge in [-0.1, -0.05) is 46.3 Å². The predicted octanol–water partition coefficient (Wildman–Crippen LogP) is 4.48. The first kappa shape index (κ1) is 18.0. The molecule has 0 bridgehead atoms. The molecule has 2 heterocycles. The van der Waals surface area contributed by atoms with Gasteiger partial charge in [0.05, 0.1) is 17.0 Å². The Morgan fingerprint density at radius 3 is 2.59 bits per heavy atom. The van der Waals surface area contributed by atoms with Crippen LogP contribution in [0, 0.1) is 6.92 Å². The van der Waals surface area contributed by atoms with E-state index in [1.807, 2.05) is 43.3 Å². The molecule has 0 saturated heterocycles. The molecule has 1 N–H and O–H groups in total. The first-order valence-electron chi connectivity index (χ1n) is 9.35. The van der Waals surface area contributed by atoms with E-state index in [0.29, 0.717) is 24.2 Å². The molecule has 6 nitrogen and oxygen atoms in total. The van der Waals surface area contributed by atoms with Crippen LogP contribution in [0.15, 0.2) is 53.0 Å². The molecule has 5 rings (SSSR count). The number of rotatable bonds is 2. The highest BCUT2D eigenvalue weighted by Gasteiger charge is 2.32. The third-order valence-corrected chi connectivity index (χ3v) is 5.98. The van der Waals surface area contributed by atoms with Gasteiger partial charge in [-0.2, -0.15) is 5.10 Å². The monoisotopic (exact) mass is 448 g/mol. The Morgan fingerprint density at radius 1 is 1.07 bits per heavy atom. The van der Waals surface area contributed by atoms with Crippen molar-refractivity contribution in [2.24, 2.45) is 0 Å². The highest BCUT2D eigenvalue weighted by Crippen LogP contribution is 2.37. The molecule has 29 heavy (non-hydrogen) atoms. The van der Waals surface area contributed by atoms with E-state index < -0.39 is 0 Å². The van der Waals surface area contributed by atoms with Crippen LogP contribution in [0.25, 0.3) is 16.8 Å². The van der Waals surface area contributed by atoms with E-state index in [0.717, 1.165) is 32.6 Å². The van der Waals surface area contributed by atoms with Crippen molar-refractivity contribution in [1.29, 1.82) is 0 Å². The molecule has 0 saturated carbocycles. The Balaban J connectivity index is 1.67. The minimum absolute atomic E-state index is 0.0766. The number of phenolic OH excluding ortho intramolecular Hbond substituents is 1. The fraction of sp³-hybridized carbons (Fsp3) is 0.182. The Kier molecular flexibility index (Phi) is 4.20. The molecular weight excluding hydrogens is 432 g/mol. The number of carbonyl (C=O) groups excluding carboxylic acids is 1. The summed E-state index contributed by atoms with van der Waals surface area (Å²) >= 11 is 3.46. The zero-order valence-electron chi connectivity index (χ0n) is 15.6. The number of nitrogens with zero attached hydrogens (tertiary/aromatic N) is 4. The number of halogens is 1. The molecule has 0 unspecified atom stereocenters. The van der Waals surface area contributed by atoms with E-state index >= 15 is 0 Å². The number of aromatic nitrogens is 4. The maximum Gasteiger partial charge on any atom is 0.185 e. The number of hydrogen-bond donors (Lipinski definition) is 1. The molecule has 1 aliphatic rings. The van der Waals surface area contributed by atoms with Gasteiger partial charge >= 0.3 is 0 Å². The van der Waals surface area contributed by atoms with Crippen molar-refractivity contribution < 1.29 is 9.90 Å². The molecule has 144 valence electrons. The van der Waals surface area contributed by atoms with E-state index in [2.05, 4.69) is 26.1 Å². The topological polar surface area (TPSA) is 80.4 Å². The molecule has 2 aromatic carbocycles. The molecular formula is C22H17BrN4O2. The van der Waals surface area contributed by atoms with Gasteiger partial charge in [0.1, 0.15) is 5.75 Å². The van der Waals surface area contributed by atoms with Gasteiger partial charge in [0.25, 0.3) is 0 Å². The van der Waals surface area contributed by atoms with Gasteiger partial charge < -0.3 is 5.11 Å². The second-order valence-electron chi connectivity index (χ2n) is 7.29. The van der Waals surface area contributed by atoms with Crippen molar-refractivity contribution in [3.05, 3.63) is 75.6 Å². The number of benzene rings is 2. The Hall–Kier alpha value is -3.06. The number of aromatic hydroxyl groups is 1. The third kappa shape index (κ3) is 2.93. The van der Waals surface area contributed by atoms with Crippen LogP contribution in [-0.4, -0.2) is 30.7 Å². The maximum absolute atomic E-state index is 12.8. The lowest BCUT2D eigenvalue weighted by Gasteiger charge is -2.23. The Labute approximate surface area is 175 Å². The number of aryl methyl sites for hydroxylation is 1. The zero-order valence-corrected chi connectivity index (χ0v) is 17.2. The molecule has 4 aromatic rings. The van der Waals surface area contributed by atoms with Crippen molar-refractivity contribution in [2.75, 3.05) is 0 Å². The van der Waals surface area contributed by atoms with Crippen molar-refractivity contribution in [3.8, 4) is 16.9 Å². The van der Waals surface area contributed by atoms with Crippen LogP contribution in [-0.2, 0) is 6.42 Å². The number of para-hydroxylation sites is 1. The van der Waals surface area contributed by atoms with Gasteiger partial charge in [-0.05, 0) is 42.7 Å². The second kappa shape index (κ2) is 6.77. The van der Waals surface area contributed by atoms with E-state index in [4.69, 9.17) is 5.10 Å². The smallest absolute Gasteiger partial charge is 0.185 e. The van der Waals surface area contributed by atoms with E-state index in [-0.39, 0.29) is 17.5 Å². The highest BCUT2D eigenvalue weighted by molar-refractivity contribution is 9.10. The molecule has 7 heteroatoms. The first-order valence-corrected chi connectivity index (χ1v) is 10.1. The van der Waals surface area contributed by atoms with Crippen molar-refractivity contribution in [1.82, 2.24) is 19.8 Å². The SMILES string of the molecule is Cc1nn2c3c(nnc2c1-c1ccc(Br)cc1)C(=O)C[C@H](c1ccccc1O)C3. The molecule has 0 spiro atoms. The lowest BCUT2D eigenvalue weighted by atomic mass is 9.83. The van der Waals surface area contributed by atoms with Crippen molar-refractivity contribution >= 4 is 27.4 Å².